The van der Waals surface area contributed by atoms with E-state index >= 15 is 0 Å². The number of guanidine groups is 1. The van der Waals surface area contributed by atoms with Crippen molar-refractivity contribution in [2.75, 3.05) is 33.5 Å². The first-order valence-corrected chi connectivity index (χ1v) is 9.16. The molecule has 1 aromatic carbocycles. The van der Waals surface area contributed by atoms with Gasteiger partial charge in [0.2, 0.25) is 6.79 Å². The maximum atomic E-state index is 9.22. The molecule has 6 nitrogen and oxygen atoms in total. The second-order valence-corrected chi connectivity index (χ2v) is 6.41. The summed E-state index contributed by atoms with van der Waals surface area (Å²) in [5.41, 5.74) is 1.15. The van der Waals surface area contributed by atoms with Crippen LogP contribution in [-0.2, 0) is 6.54 Å². The summed E-state index contributed by atoms with van der Waals surface area (Å²) in [5.74, 6) is 2.93. The molecule has 0 spiro atoms. The summed E-state index contributed by atoms with van der Waals surface area (Å²) < 4.78 is 10.8. The SMILES string of the molecule is CCCC(CCO)CN=C(NCC)N(C)Cc1ccc2c(c1)OCO2.I. The van der Waals surface area contributed by atoms with Gasteiger partial charge >= 0.3 is 0 Å². The molecule has 26 heavy (non-hydrogen) atoms. The molecule has 2 rings (SSSR count). The van der Waals surface area contributed by atoms with Crippen LogP contribution in [0.4, 0.5) is 0 Å². The van der Waals surface area contributed by atoms with Crippen molar-refractivity contribution in [2.45, 2.75) is 39.7 Å². The van der Waals surface area contributed by atoms with Gasteiger partial charge in [0.25, 0.3) is 0 Å². The van der Waals surface area contributed by atoms with Gasteiger partial charge in [0.15, 0.2) is 17.5 Å². The third-order valence-corrected chi connectivity index (χ3v) is 4.29. The summed E-state index contributed by atoms with van der Waals surface area (Å²) in [7, 11) is 2.03. The Kier molecular flexibility index (Phi) is 10.7. The summed E-state index contributed by atoms with van der Waals surface area (Å²) in [5, 5.41) is 12.6. The summed E-state index contributed by atoms with van der Waals surface area (Å²) in [6.07, 6.45) is 3.02. The zero-order chi connectivity index (χ0) is 18.1. The Balaban J connectivity index is 0.00000338. The minimum absolute atomic E-state index is 0. The number of nitrogens with zero attached hydrogens (tertiary/aromatic N) is 2. The molecule has 7 heteroatoms. The summed E-state index contributed by atoms with van der Waals surface area (Å²) in [4.78, 5) is 6.90. The van der Waals surface area contributed by atoms with Crippen molar-refractivity contribution in [1.29, 1.82) is 0 Å². The Hall–Kier alpha value is -1.22. The van der Waals surface area contributed by atoms with E-state index in [0.717, 1.165) is 61.9 Å². The average Bonchev–Trinajstić information content (AvgIpc) is 3.06. The molecular weight excluding hydrogens is 445 g/mol. The molecule has 148 valence electrons. The number of hydrogen-bond donors (Lipinski definition) is 2. The lowest BCUT2D eigenvalue weighted by atomic mass is 10.0. The van der Waals surface area contributed by atoms with E-state index < -0.39 is 0 Å². The van der Waals surface area contributed by atoms with E-state index in [2.05, 4.69) is 30.1 Å². The Morgan fingerprint density at radius 3 is 2.73 bits per heavy atom. The molecule has 0 saturated heterocycles. The fraction of sp³-hybridized carbons (Fsp3) is 0.632. The lowest BCUT2D eigenvalue weighted by Crippen LogP contribution is -2.38. The smallest absolute Gasteiger partial charge is 0.231 e. The summed E-state index contributed by atoms with van der Waals surface area (Å²) in [6.45, 7) is 7.06. The zero-order valence-corrected chi connectivity index (χ0v) is 18.4. The highest BCUT2D eigenvalue weighted by Crippen LogP contribution is 2.32. The second kappa shape index (κ2) is 12.2. The van der Waals surface area contributed by atoms with E-state index in [-0.39, 0.29) is 30.6 Å². The normalized spacial score (nSPS) is 13.9. The molecule has 0 fully saturated rings. The fourth-order valence-electron chi connectivity index (χ4n) is 2.99. The van der Waals surface area contributed by atoms with Crippen molar-refractivity contribution < 1.29 is 14.6 Å². The van der Waals surface area contributed by atoms with E-state index in [9.17, 15) is 5.11 Å². The summed E-state index contributed by atoms with van der Waals surface area (Å²) >= 11 is 0. The van der Waals surface area contributed by atoms with Gasteiger partial charge in [-0.25, -0.2) is 0 Å². The van der Waals surface area contributed by atoms with Gasteiger partial charge in [0.1, 0.15) is 0 Å². The molecule has 0 saturated carbocycles. The fourth-order valence-corrected chi connectivity index (χ4v) is 2.99. The maximum absolute atomic E-state index is 9.22. The largest absolute Gasteiger partial charge is 0.454 e. The highest BCUT2D eigenvalue weighted by atomic mass is 127. The second-order valence-electron chi connectivity index (χ2n) is 6.41. The van der Waals surface area contributed by atoms with E-state index in [1.807, 2.05) is 19.2 Å². The minimum Gasteiger partial charge on any atom is -0.454 e. The number of benzene rings is 1. The van der Waals surface area contributed by atoms with Crippen LogP contribution in [0.15, 0.2) is 23.2 Å². The van der Waals surface area contributed by atoms with Gasteiger partial charge in [-0.2, -0.15) is 0 Å². The van der Waals surface area contributed by atoms with Crippen LogP contribution < -0.4 is 14.8 Å². The monoisotopic (exact) mass is 477 g/mol. The number of aliphatic hydroxyl groups is 1. The number of ether oxygens (including phenoxy) is 2. The van der Waals surface area contributed by atoms with Gasteiger partial charge in [-0.05, 0) is 43.4 Å². The van der Waals surface area contributed by atoms with E-state index in [0.29, 0.717) is 12.7 Å². The van der Waals surface area contributed by atoms with Crippen LogP contribution in [0.5, 0.6) is 11.5 Å². The van der Waals surface area contributed by atoms with Gasteiger partial charge < -0.3 is 24.8 Å². The van der Waals surface area contributed by atoms with Gasteiger partial charge in [-0.15, -0.1) is 24.0 Å². The highest BCUT2D eigenvalue weighted by molar-refractivity contribution is 14.0. The molecule has 0 radical (unpaired) electrons. The molecule has 0 aromatic heterocycles. The minimum atomic E-state index is 0. The summed E-state index contributed by atoms with van der Waals surface area (Å²) in [6, 6.07) is 6.03. The molecule has 1 unspecified atom stereocenters. The van der Waals surface area contributed by atoms with Gasteiger partial charge in [0.05, 0.1) is 0 Å². The predicted molar refractivity (Wildman–Crippen MR) is 116 cm³/mol. The maximum Gasteiger partial charge on any atom is 0.231 e. The van der Waals surface area contributed by atoms with Crippen molar-refractivity contribution in [2.24, 2.45) is 10.9 Å². The van der Waals surface area contributed by atoms with Crippen LogP contribution in [0.2, 0.25) is 0 Å². The Morgan fingerprint density at radius 2 is 2.04 bits per heavy atom. The standard InChI is InChI=1S/C19H31N3O3.HI/c1-4-6-15(9-10-23)12-21-19(20-5-2)22(3)13-16-7-8-17-18(11-16)25-14-24-17;/h7-8,11,15,23H,4-6,9-10,12-14H2,1-3H3,(H,20,21);1H. The van der Waals surface area contributed by atoms with Gasteiger partial charge in [-0.1, -0.05) is 19.4 Å². The van der Waals surface area contributed by atoms with Crippen LogP contribution >= 0.6 is 24.0 Å². The molecule has 1 aromatic rings. The Labute approximate surface area is 174 Å². The molecular formula is C19H32IN3O3. The number of nitrogens with one attached hydrogen (secondary N) is 1. The number of halogens is 1. The van der Waals surface area contributed by atoms with Crippen molar-refractivity contribution in [3.63, 3.8) is 0 Å². The van der Waals surface area contributed by atoms with Crippen LogP contribution in [-0.4, -0.2) is 49.5 Å². The number of rotatable bonds is 9. The molecule has 1 aliphatic rings. The molecule has 0 bridgehead atoms. The third-order valence-electron chi connectivity index (χ3n) is 4.29. The third kappa shape index (κ3) is 6.83. The van der Waals surface area contributed by atoms with Gasteiger partial charge in [0, 0.05) is 33.3 Å². The predicted octanol–water partition coefficient (Wildman–Crippen LogP) is 3.23. The molecule has 0 aliphatic carbocycles. The van der Waals surface area contributed by atoms with Crippen LogP contribution in [0, 0.1) is 5.92 Å². The van der Waals surface area contributed by atoms with Crippen LogP contribution in [0.3, 0.4) is 0 Å². The van der Waals surface area contributed by atoms with Crippen molar-refractivity contribution in [3.8, 4) is 11.5 Å². The van der Waals surface area contributed by atoms with E-state index in [1.165, 1.54) is 0 Å². The van der Waals surface area contributed by atoms with Gasteiger partial charge in [-0.3, -0.25) is 4.99 Å². The molecule has 1 heterocycles. The quantitative estimate of drug-likeness (QED) is 0.325. The lowest BCUT2D eigenvalue weighted by molar-refractivity contribution is 0.174. The number of hydrogen-bond acceptors (Lipinski definition) is 4. The van der Waals surface area contributed by atoms with Crippen LogP contribution in [0.25, 0.3) is 0 Å². The molecule has 1 atom stereocenters. The highest BCUT2D eigenvalue weighted by Gasteiger charge is 2.15. The zero-order valence-electron chi connectivity index (χ0n) is 16.0. The number of fused-ring (bicyclic) bond motifs is 1. The first kappa shape index (κ1) is 22.8. The lowest BCUT2D eigenvalue weighted by Gasteiger charge is -2.23. The Bertz CT molecular complexity index is 563. The molecule has 1 aliphatic heterocycles. The van der Waals surface area contributed by atoms with Crippen LogP contribution in [0.1, 0.15) is 38.7 Å². The first-order chi connectivity index (χ1) is 12.2. The van der Waals surface area contributed by atoms with Crippen molar-refractivity contribution in [1.82, 2.24) is 10.2 Å². The van der Waals surface area contributed by atoms with Crippen molar-refractivity contribution >= 4 is 29.9 Å². The topological polar surface area (TPSA) is 66.3 Å². The number of aliphatic hydroxyl groups excluding tert-OH is 1. The van der Waals surface area contributed by atoms with Crippen molar-refractivity contribution in [3.05, 3.63) is 23.8 Å². The average molecular weight is 477 g/mol. The Morgan fingerprint density at radius 1 is 1.27 bits per heavy atom. The molecule has 0 amide bonds. The van der Waals surface area contributed by atoms with E-state index in [4.69, 9.17) is 14.5 Å². The first-order valence-electron chi connectivity index (χ1n) is 9.16. The number of aliphatic imine (C=N–C) groups is 1. The molecule has 2 N–H and O–H groups in total. The van der Waals surface area contributed by atoms with E-state index in [1.54, 1.807) is 0 Å².